The van der Waals surface area contributed by atoms with Crippen LogP contribution in [0.3, 0.4) is 0 Å². The number of piperazine rings is 1. The number of hydrogen-bond donors (Lipinski definition) is 2. The van der Waals surface area contributed by atoms with Crippen LogP contribution in [0.1, 0.15) is 18.4 Å². The van der Waals surface area contributed by atoms with Gasteiger partial charge in [0.1, 0.15) is 5.75 Å². The molecule has 0 aromatic heterocycles. The summed E-state index contributed by atoms with van der Waals surface area (Å²) in [7, 11) is 0. The lowest BCUT2D eigenvalue weighted by molar-refractivity contribution is -0.134. The third kappa shape index (κ3) is 6.43. The van der Waals surface area contributed by atoms with E-state index >= 15 is 0 Å². The number of aromatic hydroxyl groups is 1. The predicted molar refractivity (Wildman–Crippen MR) is 130 cm³/mol. The van der Waals surface area contributed by atoms with Gasteiger partial charge in [0.25, 0.3) is 0 Å². The first kappa shape index (κ1) is 22.6. The van der Waals surface area contributed by atoms with Crippen LogP contribution < -0.4 is 5.32 Å². The number of nitrogens with zero attached hydrogens (tertiary/aromatic N) is 2. The summed E-state index contributed by atoms with van der Waals surface area (Å²) >= 11 is 0. The van der Waals surface area contributed by atoms with Crippen molar-refractivity contribution in [2.24, 2.45) is 0 Å². The molecule has 3 aromatic rings. The smallest absolute Gasteiger partial charge is 0.224 e. The fraction of sp³-hybridized carbons (Fsp3) is 0.259. The molecule has 2 amide bonds. The van der Waals surface area contributed by atoms with Gasteiger partial charge in [-0.05, 0) is 34.9 Å². The van der Waals surface area contributed by atoms with Gasteiger partial charge in [-0.1, -0.05) is 54.6 Å². The van der Waals surface area contributed by atoms with Gasteiger partial charge in [-0.2, -0.15) is 0 Å². The molecule has 0 spiro atoms. The zero-order valence-electron chi connectivity index (χ0n) is 18.6. The van der Waals surface area contributed by atoms with Crippen molar-refractivity contribution in [1.82, 2.24) is 9.80 Å². The Morgan fingerprint density at radius 2 is 1.52 bits per heavy atom. The Hall–Kier alpha value is -3.64. The summed E-state index contributed by atoms with van der Waals surface area (Å²) < 4.78 is 0. The minimum atomic E-state index is -0.231. The van der Waals surface area contributed by atoms with E-state index in [1.165, 1.54) is 22.8 Å². The van der Waals surface area contributed by atoms with Gasteiger partial charge in [0.15, 0.2) is 0 Å². The van der Waals surface area contributed by atoms with E-state index in [-0.39, 0.29) is 30.4 Å². The van der Waals surface area contributed by atoms with E-state index < -0.39 is 0 Å². The Balaban J connectivity index is 1.22. The molecule has 1 aliphatic heterocycles. The highest BCUT2D eigenvalue weighted by Crippen LogP contribution is 2.21. The van der Waals surface area contributed by atoms with Crippen molar-refractivity contribution < 1.29 is 14.7 Å². The van der Waals surface area contributed by atoms with Gasteiger partial charge in [-0.3, -0.25) is 14.5 Å². The number of phenolic OH excluding ortho intramolecular Hbond substituents is 1. The number of hydrogen-bond acceptors (Lipinski definition) is 4. The predicted octanol–water partition coefficient (Wildman–Crippen LogP) is 4.12. The number of rotatable bonds is 7. The molecule has 1 aliphatic rings. The van der Waals surface area contributed by atoms with E-state index in [0.29, 0.717) is 18.8 Å². The molecule has 1 heterocycles. The van der Waals surface area contributed by atoms with Crippen LogP contribution in [0.4, 0.5) is 5.69 Å². The first-order valence-corrected chi connectivity index (χ1v) is 11.3. The summed E-state index contributed by atoms with van der Waals surface area (Å²) in [4.78, 5) is 28.9. The van der Waals surface area contributed by atoms with Crippen LogP contribution in [-0.2, 0) is 16.1 Å². The Kier molecular flexibility index (Phi) is 7.37. The van der Waals surface area contributed by atoms with Gasteiger partial charge in [0.2, 0.25) is 11.8 Å². The second kappa shape index (κ2) is 10.8. The van der Waals surface area contributed by atoms with Crippen molar-refractivity contribution in [3.8, 4) is 16.9 Å². The van der Waals surface area contributed by atoms with Crippen molar-refractivity contribution in [3.63, 3.8) is 0 Å². The lowest BCUT2D eigenvalue weighted by Gasteiger charge is -2.35. The minimum absolute atomic E-state index is 0.00628. The first-order chi connectivity index (χ1) is 16.1. The molecule has 6 heteroatoms. The standard InChI is InChI=1S/C27H29N3O3/c31-25-11-5-10-24(19-25)28-26(32)12-13-27(33)30-16-14-29(15-17-30)20-21-6-4-9-23(18-21)22-7-2-1-3-8-22/h1-11,18-19,31H,12-17,20H2,(H,28,32). The van der Waals surface area contributed by atoms with E-state index in [1.54, 1.807) is 18.2 Å². The molecule has 4 rings (SSSR count). The quantitative estimate of drug-likeness (QED) is 0.576. The molecule has 0 unspecified atom stereocenters. The number of benzene rings is 3. The molecule has 0 radical (unpaired) electrons. The number of phenols is 1. The largest absolute Gasteiger partial charge is 0.508 e. The van der Waals surface area contributed by atoms with E-state index in [9.17, 15) is 14.7 Å². The molecule has 2 N–H and O–H groups in total. The van der Waals surface area contributed by atoms with E-state index in [0.717, 1.165) is 19.6 Å². The van der Waals surface area contributed by atoms with Crippen molar-refractivity contribution in [1.29, 1.82) is 0 Å². The number of carbonyl (C=O) groups excluding carboxylic acids is 2. The van der Waals surface area contributed by atoms with E-state index in [4.69, 9.17) is 0 Å². The second-order valence-electron chi connectivity index (χ2n) is 8.32. The van der Waals surface area contributed by atoms with Crippen LogP contribution in [0.15, 0.2) is 78.9 Å². The van der Waals surface area contributed by atoms with E-state index in [2.05, 4.69) is 46.6 Å². The number of anilines is 1. The maximum Gasteiger partial charge on any atom is 0.224 e. The van der Waals surface area contributed by atoms with Gasteiger partial charge in [0, 0.05) is 57.3 Å². The number of nitrogens with one attached hydrogen (secondary N) is 1. The summed E-state index contributed by atoms with van der Waals surface area (Å²) in [5, 5.41) is 12.2. The molecule has 170 valence electrons. The van der Waals surface area contributed by atoms with Crippen molar-refractivity contribution in [2.75, 3.05) is 31.5 Å². The minimum Gasteiger partial charge on any atom is -0.508 e. The van der Waals surface area contributed by atoms with Gasteiger partial charge in [-0.25, -0.2) is 0 Å². The second-order valence-corrected chi connectivity index (χ2v) is 8.32. The van der Waals surface area contributed by atoms with Crippen molar-refractivity contribution in [3.05, 3.63) is 84.4 Å². The molecule has 0 aliphatic carbocycles. The molecular weight excluding hydrogens is 414 g/mol. The summed E-state index contributed by atoms with van der Waals surface area (Å²) in [5.74, 6) is -0.133. The number of carbonyl (C=O) groups is 2. The SMILES string of the molecule is O=C(CCC(=O)N1CCN(Cc2cccc(-c3ccccc3)c2)CC1)Nc1cccc(O)c1. The molecule has 6 nitrogen and oxygen atoms in total. The zero-order chi connectivity index (χ0) is 23.0. The maximum absolute atomic E-state index is 12.6. The van der Waals surface area contributed by atoms with Crippen molar-refractivity contribution >= 4 is 17.5 Å². The highest BCUT2D eigenvalue weighted by molar-refractivity contribution is 5.93. The molecule has 0 saturated carbocycles. The maximum atomic E-state index is 12.6. The van der Waals surface area contributed by atoms with E-state index in [1.807, 2.05) is 23.1 Å². The lowest BCUT2D eigenvalue weighted by Crippen LogP contribution is -2.48. The van der Waals surface area contributed by atoms with Crippen LogP contribution in [0, 0.1) is 0 Å². The Morgan fingerprint density at radius 1 is 0.788 bits per heavy atom. The van der Waals surface area contributed by atoms with Gasteiger partial charge >= 0.3 is 0 Å². The van der Waals surface area contributed by atoms with Crippen molar-refractivity contribution in [2.45, 2.75) is 19.4 Å². The third-order valence-electron chi connectivity index (χ3n) is 5.86. The molecule has 1 fully saturated rings. The lowest BCUT2D eigenvalue weighted by atomic mass is 10.0. The zero-order valence-corrected chi connectivity index (χ0v) is 18.6. The fourth-order valence-electron chi connectivity index (χ4n) is 4.08. The average molecular weight is 444 g/mol. The van der Waals surface area contributed by atoms with Crippen LogP contribution in [0.25, 0.3) is 11.1 Å². The molecule has 33 heavy (non-hydrogen) atoms. The van der Waals surface area contributed by atoms with Gasteiger partial charge in [-0.15, -0.1) is 0 Å². The van der Waals surface area contributed by atoms with Gasteiger partial charge < -0.3 is 15.3 Å². The number of amides is 2. The monoisotopic (exact) mass is 443 g/mol. The highest BCUT2D eigenvalue weighted by atomic mass is 16.3. The average Bonchev–Trinajstić information content (AvgIpc) is 2.84. The van der Waals surface area contributed by atoms with Crippen LogP contribution in [0.5, 0.6) is 5.75 Å². The molecule has 3 aromatic carbocycles. The normalized spacial score (nSPS) is 14.1. The van der Waals surface area contributed by atoms with Crippen LogP contribution in [-0.4, -0.2) is 52.9 Å². The summed E-state index contributed by atoms with van der Waals surface area (Å²) in [5.41, 5.74) is 4.21. The summed E-state index contributed by atoms with van der Waals surface area (Å²) in [6.07, 6.45) is 0.310. The molecular formula is C27H29N3O3. The third-order valence-corrected chi connectivity index (χ3v) is 5.86. The van der Waals surface area contributed by atoms with Gasteiger partial charge in [0.05, 0.1) is 0 Å². The molecule has 0 atom stereocenters. The highest BCUT2D eigenvalue weighted by Gasteiger charge is 2.21. The Morgan fingerprint density at radius 3 is 2.27 bits per heavy atom. The Bertz CT molecular complexity index is 1090. The first-order valence-electron chi connectivity index (χ1n) is 11.3. The summed E-state index contributed by atoms with van der Waals surface area (Å²) in [6, 6.07) is 25.4. The van der Waals surface area contributed by atoms with Crippen LogP contribution in [0.2, 0.25) is 0 Å². The molecule has 0 bridgehead atoms. The summed E-state index contributed by atoms with van der Waals surface area (Å²) in [6.45, 7) is 3.83. The Labute approximate surface area is 194 Å². The fourth-order valence-corrected chi connectivity index (χ4v) is 4.08. The van der Waals surface area contributed by atoms with Crippen LogP contribution >= 0.6 is 0 Å². The molecule has 1 saturated heterocycles. The topological polar surface area (TPSA) is 72.9 Å².